The predicted molar refractivity (Wildman–Crippen MR) is 81.7 cm³/mol. The molecular formula is C17H25FN2O. The number of hydrogen-bond donors (Lipinski definition) is 1. The third-order valence-corrected chi connectivity index (χ3v) is 4.84. The molecular weight excluding hydrogens is 267 g/mol. The van der Waals surface area contributed by atoms with E-state index in [1.807, 2.05) is 6.07 Å². The highest BCUT2D eigenvalue weighted by Crippen LogP contribution is 2.23. The normalized spacial score (nSPS) is 22.0. The molecule has 0 aliphatic carbocycles. The van der Waals surface area contributed by atoms with E-state index in [1.165, 1.54) is 57.5 Å². The van der Waals surface area contributed by atoms with Crippen LogP contribution in [0.3, 0.4) is 0 Å². The van der Waals surface area contributed by atoms with Gasteiger partial charge in [-0.05, 0) is 75.5 Å². The van der Waals surface area contributed by atoms with Gasteiger partial charge in [0.25, 0.3) is 0 Å². The number of hydrogen-bond acceptors (Lipinski definition) is 3. The van der Waals surface area contributed by atoms with Gasteiger partial charge >= 0.3 is 0 Å². The fourth-order valence-corrected chi connectivity index (χ4v) is 3.56. The summed E-state index contributed by atoms with van der Waals surface area (Å²) in [5.41, 5.74) is 0.947. The number of likely N-dealkylation sites (tertiary alicyclic amines) is 2. The van der Waals surface area contributed by atoms with Crippen LogP contribution >= 0.6 is 0 Å². The number of halogens is 1. The first-order chi connectivity index (χ1) is 10.2. The molecule has 2 heterocycles. The van der Waals surface area contributed by atoms with E-state index < -0.39 is 5.82 Å². The highest BCUT2D eigenvalue weighted by atomic mass is 19.1. The Kier molecular flexibility index (Phi) is 4.76. The lowest BCUT2D eigenvalue weighted by molar-refractivity contribution is 0.149. The van der Waals surface area contributed by atoms with Crippen molar-refractivity contribution >= 4 is 0 Å². The summed E-state index contributed by atoms with van der Waals surface area (Å²) in [6.45, 7) is 6.82. The van der Waals surface area contributed by atoms with Gasteiger partial charge in [0.1, 0.15) is 0 Å². The minimum absolute atomic E-state index is 0.261. The monoisotopic (exact) mass is 292 g/mol. The molecule has 0 spiro atoms. The standard InChI is InChI=1S/C17H25FN2O/c18-16-11-15(3-4-17(16)21)13-20-9-5-14(6-10-20)12-19-7-1-2-8-19/h3-4,11,14,21H,1-2,5-10,12-13H2. The Morgan fingerprint density at radius 2 is 1.76 bits per heavy atom. The fourth-order valence-electron chi connectivity index (χ4n) is 3.56. The van der Waals surface area contributed by atoms with Gasteiger partial charge in [0.15, 0.2) is 11.6 Å². The number of piperidine rings is 1. The highest BCUT2D eigenvalue weighted by Gasteiger charge is 2.22. The number of phenols is 1. The molecule has 0 saturated carbocycles. The number of rotatable bonds is 4. The molecule has 0 bridgehead atoms. The van der Waals surface area contributed by atoms with Gasteiger partial charge in [0.2, 0.25) is 0 Å². The smallest absolute Gasteiger partial charge is 0.165 e. The molecule has 21 heavy (non-hydrogen) atoms. The van der Waals surface area contributed by atoms with Crippen molar-refractivity contribution < 1.29 is 9.50 Å². The average Bonchev–Trinajstić information content (AvgIpc) is 2.98. The maximum atomic E-state index is 13.3. The van der Waals surface area contributed by atoms with E-state index >= 15 is 0 Å². The second-order valence-electron chi connectivity index (χ2n) is 6.51. The topological polar surface area (TPSA) is 26.7 Å². The van der Waals surface area contributed by atoms with Crippen LogP contribution in [0, 0.1) is 11.7 Å². The molecule has 0 amide bonds. The summed E-state index contributed by atoms with van der Waals surface area (Å²) < 4.78 is 13.3. The summed E-state index contributed by atoms with van der Waals surface area (Å²) in [7, 11) is 0. The molecule has 2 aliphatic rings. The lowest BCUT2D eigenvalue weighted by Gasteiger charge is -2.33. The van der Waals surface area contributed by atoms with Gasteiger partial charge < -0.3 is 10.0 Å². The summed E-state index contributed by atoms with van der Waals surface area (Å²) >= 11 is 0. The molecule has 0 radical (unpaired) electrons. The van der Waals surface area contributed by atoms with Crippen LogP contribution in [0.15, 0.2) is 18.2 Å². The lowest BCUT2D eigenvalue weighted by Crippen LogP contribution is -2.37. The molecule has 3 rings (SSSR count). The summed E-state index contributed by atoms with van der Waals surface area (Å²) in [6.07, 6.45) is 5.23. The van der Waals surface area contributed by atoms with Gasteiger partial charge in [0.05, 0.1) is 0 Å². The van der Waals surface area contributed by atoms with Gasteiger partial charge in [-0.2, -0.15) is 0 Å². The van der Waals surface area contributed by atoms with Crippen molar-refractivity contribution in [2.45, 2.75) is 32.2 Å². The van der Waals surface area contributed by atoms with Gasteiger partial charge in [-0.25, -0.2) is 4.39 Å². The van der Waals surface area contributed by atoms with E-state index in [-0.39, 0.29) is 5.75 Å². The van der Waals surface area contributed by atoms with E-state index in [9.17, 15) is 9.50 Å². The second-order valence-corrected chi connectivity index (χ2v) is 6.51. The van der Waals surface area contributed by atoms with Crippen LogP contribution < -0.4 is 0 Å². The van der Waals surface area contributed by atoms with Crippen LogP contribution in [0.1, 0.15) is 31.2 Å². The van der Waals surface area contributed by atoms with Crippen molar-refractivity contribution in [1.29, 1.82) is 0 Å². The second kappa shape index (κ2) is 6.75. The average molecular weight is 292 g/mol. The van der Waals surface area contributed by atoms with Gasteiger partial charge in [-0.15, -0.1) is 0 Å². The van der Waals surface area contributed by atoms with Crippen molar-refractivity contribution in [1.82, 2.24) is 9.80 Å². The van der Waals surface area contributed by atoms with Crippen LogP contribution in [0.2, 0.25) is 0 Å². The van der Waals surface area contributed by atoms with Crippen LogP contribution in [-0.2, 0) is 6.54 Å². The first-order valence-corrected chi connectivity index (χ1v) is 8.13. The van der Waals surface area contributed by atoms with Crippen molar-refractivity contribution in [3.63, 3.8) is 0 Å². The molecule has 0 atom stereocenters. The molecule has 3 nitrogen and oxygen atoms in total. The zero-order valence-corrected chi connectivity index (χ0v) is 12.6. The Bertz CT molecular complexity index is 466. The molecule has 1 N–H and O–H groups in total. The largest absolute Gasteiger partial charge is 0.505 e. The van der Waals surface area contributed by atoms with E-state index in [1.54, 1.807) is 0 Å². The quantitative estimate of drug-likeness (QED) is 0.924. The first kappa shape index (κ1) is 14.8. The van der Waals surface area contributed by atoms with Crippen molar-refractivity contribution in [2.24, 2.45) is 5.92 Å². The third kappa shape index (κ3) is 3.95. The molecule has 2 fully saturated rings. The Labute approximate surface area is 126 Å². The number of benzene rings is 1. The first-order valence-electron chi connectivity index (χ1n) is 8.13. The van der Waals surface area contributed by atoms with Crippen molar-refractivity contribution in [3.05, 3.63) is 29.6 Å². The Hall–Kier alpha value is -1.13. The SMILES string of the molecule is Oc1ccc(CN2CCC(CN3CCCC3)CC2)cc1F. The van der Waals surface area contributed by atoms with Crippen LogP contribution in [0.25, 0.3) is 0 Å². The molecule has 1 aromatic carbocycles. The van der Waals surface area contributed by atoms with Crippen LogP contribution in [0.4, 0.5) is 4.39 Å². The Morgan fingerprint density at radius 3 is 2.43 bits per heavy atom. The molecule has 4 heteroatoms. The summed E-state index contributed by atoms with van der Waals surface area (Å²) in [6, 6.07) is 4.71. The molecule has 2 saturated heterocycles. The number of nitrogens with zero attached hydrogens (tertiary/aromatic N) is 2. The fraction of sp³-hybridized carbons (Fsp3) is 0.647. The lowest BCUT2D eigenvalue weighted by atomic mass is 9.96. The molecule has 0 unspecified atom stereocenters. The van der Waals surface area contributed by atoms with E-state index in [0.29, 0.717) is 0 Å². The van der Waals surface area contributed by atoms with Crippen molar-refractivity contribution in [3.8, 4) is 5.75 Å². The van der Waals surface area contributed by atoms with Crippen molar-refractivity contribution in [2.75, 3.05) is 32.7 Å². The van der Waals surface area contributed by atoms with Crippen LogP contribution in [0.5, 0.6) is 5.75 Å². The molecule has 0 aromatic heterocycles. The number of phenolic OH excluding ortho intramolecular Hbond substituents is 1. The Balaban J connectivity index is 1.45. The highest BCUT2D eigenvalue weighted by molar-refractivity contribution is 5.27. The van der Waals surface area contributed by atoms with E-state index in [0.717, 1.165) is 31.1 Å². The third-order valence-electron chi connectivity index (χ3n) is 4.84. The predicted octanol–water partition coefficient (Wildman–Crippen LogP) is 2.84. The van der Waals surface area contributed by atoms with E-state index in [2.05, 4.69) is 9.80 Å². The molecule has 1 aromatic rings. The van der Waals surface area contributed by atoms with Gasteiger partial charge in [0, 0.05) is 13.1 Å². The number of aromatic hydroxyl groups is 1. The van der Waals surface area contributed by atoms with Gasteiger partial charge in [-0.3, -0.25) is 4.90 Å². The molecule has 2 aliphatic heterocycles. The summed E-state index contributed by atoms with van der Waals surface area (Å²) in [4.78, 5) is 5.00. The zero-order chi connectivity index (χ0) is 14.7. The zero-order valence-electron chi connectivity index (χ0n) is 12.6. The van der Waals surface area contributed by atoms with E-state index in [4.69, 9.17) is 0 Å². The molecule has 116 valence electrons. The maximum Gasteiger partial charge on any atom is 0.165 e. The maximum absolute atomic E-state index is 13.3. The Morgan fingerprint density at radius 1 is 1.05 bits per heavy atom. The van der Waals surface area contributed by atoms with Crippen LogP contribution in [-0.4, -0.2) is 47.6 Å². The minimum Gasteiger partial charge on any atom is -0.505 e. The summed E-state index contributed by atoms with van der Waals surface area (Å²) in [5, 5.41) is 9.23. The minimum atomic E-state index is -0.517. The summed E-state index contributed by atoms with van der Waals surface area (Å²) in [5.74, 6) is 0.0513. The van der Waals surface area contributed by atoms with Gasteiger partial charge in [-0.1, -0.05) is 6.07 Å².